The Labute approximate surface area is 131 Å². The minimum absolute atomic E-state index is 0.0218. The first-order chi connectivity index (χ1) is 10.7. The molecule has 1 aromatic rings. The lowest BCUT2D eigenvalue weighted by molar-refractivity contribution is -0.149. The Bertz CT molecular complexity index is 489. The Kier molecular flexibility index (Phi) is 6.25. The van der Waals surface area contributed by atoms with Crippen molar-refractivity contribution in [1.82, 2.24) is 5.32 Å². The molecule has 0 spiro atoms. The predicted molar refractivity (Wildman–Crippen MR) is 82.1 cm³/mol. The number of carbonyl (C=O) groups excluding carboxylic acids is 2. The number of ether oxygens (including phenoxy) is 2. The molecule has 1 aliphatic carbocycles. The van der Waals surface area contributed by atoms with Crippen molar-refractivity contribution in [2.45, 2.75) is 45.3 Å². The molecule has 5 nitrogen and oxygen atoms in total. The molecule has 1 saturated carbocycles. The summed E-state index contributed by atoms with van der Waals surface area (Å²) >= 11 is 0. The monoisotopic (exact) mass is 305 g/mol. The van der Waals surface area contributed by atoms with Gasteiger partial charge >= 0.3 is 12.1 Å². The summed E-state index contributed by atoms with van der Waals surface area (Å²) < 4.78 is 10.3. The maximum absolute atomic E-state index is 11.8. The van der Waals surface area contributed by atoms with Crippen molar-refractivity contribution >= 4 is 12.1 Å². The molecule has 0 radical (unpaired) electrons. The Hall–Kier alpha value is -2.04. The number of hydrogen-bond acceptors (Lipinski definition) is 4. The third-order valence-corrected chi connectivity index (χ3v) is 3.83. The smallest absolute Gasteiger partial charge is 0.407 e. The summed E-state index contributed by atoms with van der Waals surface area (Å²) in [6.07, 6.45) is 2.80. The molecular weight excluding hydrogens is 282 g/mol. The van der Waals surface area contributed by atoms with Gasteiger partial charge in [-0.15, -0.1) is 0 Å². The topological polar surface area (TPSA) is 64.6 Å². The van der Waals surface area contributed by atoms with E-state index in [0.29, 0.717) is 13.0 Å². The van der Waals surface area contributed by atoms with Crippen LogP contribution in [0.2, 0.25) is 0 Å². The third-order valence-electron chi connectivity index (χ3n) is 3.83. The first-order valence-corrected chi connectivity index (χ1v) is 7.83. The van der Waals surface area contributed by atoms with Crippen molar-refractivity contribution in [2.24, 2.45) is 5.92 Å². The van der Waals surface area contributed by atoms with Crippen LogP contribution in [0.5, 0.6) is 0 Å². The van der Waals surface area contributed by atoms with Crippen molar-refractivity contribution in [3.63, 3.8) is 0 Å². The van der Waals surface area contributed by atoms with Crippen LogP contribution in [-0.4, -0.2) is 24.7 Å². The molecule has 1 aliphatic rings. The van der Waals surface area contributed by atoms with Gasteiger partial charge in [0.15, 0.2) is 0 Å². The zero-order chi connectivity index (χ0) is 15.8. The van der Waals surface area contributed by atoms with Crippen LogP contribution in [0.4, 0.5) is 4.79 Å². The minimum atomic E-state index is -0.432. The number of hydrogen-bond donors (Lipinski definition) is 1. The maximum Gasteiger partial charge on any atom is 0.407 e. The molecule has 0 saturated heterocycles. The fraction of sp³-hybridized carbons (Fsp3) is 0.529. The standard InChI is InChI=1S/C17H23NO4/c1-2-21-16(19)14-9-6-10-15(11-14)18-17(20)22-12-13-7-4-3-5-8-13/h3-5,7-8,14-15H,2,6,9-12H2,1H3,(H,18,20)/t14-,15?/m1/s1. The highest BCUT2D eigenvalue weighted by Gasteiger charge is 2.29. The van der Waals surface area contributed by atoms with E-state index in [2.05, 4.69) is 5.32 Å². The van der Waals surface area contributed by atoms with E-state index in [4.69, 9.17) is 9.47 Å². The number of esters is 1. The molecule has 1 fully saturated rings. The van der Waals surface area contributed by atoms with Gasteiger partial charge in [0.1, 0.15) is 6.61 Å². The van der Waals surface area contributed by atoms with Crippen LogP contribution in [0, 0.1) is 5.92 Å². The summed E-state index contributed by atoms with van der Waals surface area (Å²) in [6, 6.07) is 9.52. The second kappa shape index (κ2) is 8.41. The lowest BCUT2D eigenvalue weighted by atomic mass is 9.86. The summed E-state index contributed by atoms with van der Waals surface area (Å²) in [5.41, 5.74) is 0.950. The Morgan fingerprint density at radius 2 is 1.95 bits per heavy atom. The van der Waals surface area contributed by atoms with E-state index in [1.54, 1.807) is 6.92 Å². The first kappa shape index (κ1) is 16.3. The molecule has 120 valence electrons. The molecule has 1 N–H and O–H groups in total. The van der Waals surface area contributed by atoms with Crippen molar-refractivity contribution < 1.29 is 19.1 Å². The molecule has 1 amide bonds. The Morgan fingerprint density at radius 1 is 1.18 bits per heavy atom. The van der Waals surface area contributed by atoms with E-state index >= 15 is 0 Å². The van der Waals surface area contributed by atoms with Gasteiger partial charge in [0.2, 0.25) is 0 Å². The van der Waals surface area contributed by atoms with E-state index in [9.17, 15) is 9.59 Å². The fourth-order valence-electron chi connectivity index (χ4n) is 2.73. The molecule has 0 aliphatic heterocycles. The lowest BCUT2D eigenvalue weighted by Gasteiger charge is -2.28. The number of alkyl carbamates (subject to hydrolysis) is 1. The van der Waals surface area contributed by atoms with E-state index in [1.807, 2.05) is 30.3 Å². The molecule has 2 rings (SSSR count). The van der Waals surface area contributed by atoms with Gasteiger partial charge in [0, 0.05) is 6.04 Å². The van der Waals surface area contributed by atoms with E-state index in [1.165, 1.54) is 0 Å². The van der Waals surface area contributed by atoms with Gasteiger partial charge in [0.25, 0.3) is 0 Å². The highest BCUT2D eigenvalue weighted by atomic mass is 16.5. The van der Waals surface area contributed by atoms with Crippen molar-refractivity contribution in [1.29, 1.82) is 0 Å². The van der Waals surface area contributed by atoms with Crippen LogP contribution < -0.4 is 5.32 Å². The molecule has 0 aromatic heterocycles. The average Bonchev–Trinajstić information content (AvgIpc) is 2.54. The van der Waals surface area contributed by atoms with Gasteiger partial charge < -0.3 is 14.8 Å². The number of rotatable bonds is 5. The molecule has 5 heteroatoms. The third kappa shape index (κ3) is 5.06. The minimum Gasteiger partial charge on any atom is -0.466 e. The van der Waals surface area contributed by atoms with Crippen LogP contribution in [-0.2, 0) is 20.9 Å². The molecule has 0 heterocycles. The van der Waals surface area contributed by atoms with Gasteiger partial charge in [-0.1, -0.05) is 36.8 Å². The Balaban J connectivity index is 1.75. The van der Waals surface area contributed by atoms with Crippen LogP contribution in [0.25, 0.3) is 0 Å². The quantitative estimate of drug-likeness (QED) is 0.849. The van der Waals surface area contributed by atoms with Crippen LogP contribution in [0.1, 0.15) is 38.2 Å². The number of nitrogens with one attached hydrogen (secondary N) is 1. The van der Waals surface area contributed by atoms with Gasteiger partial charge in [-0.25, -0.2) is 4.79 Å². The van der Waals surface area contributed by atoms with Gasteiger partial charge in [-0.05, 0) is 31.7 Å². The highest BCUT2D eigenvalue weighted by molar-refractivity contribution is 5.73. The molecule has 2 atom stereocenters. The van der Waals surface area contributed by atoms with Crippen molar-refractivity contribution in [3.8, 4) is 0 Å². The van der Waals surface area contributed by atoms with Crippen LogP contribution >= 0.6 is 0 Å². The van der Waals surface area contributed by atoms with E-state index in [-0.39, 0.29) is 24.5 Å². The fourth-order valence-corrected chi connectivity index (χ4v) is 2.73. The highest BCUT2D eigenvalue weighted by Crippen LogP contribution is 2.25. The van der Waals surface area contributed by atoms with Crippen LogP contribution in [0.3, 0.4) is 0 Å². The zero-order valence-electron chi connectivity index (χ0n) is 12.9. The summed E-state index contributed by atoms with van der Waals surface area (Å²) in [5.74, 6) is -0.278. The summed E-state index contributed by atoms with van der Waals surface area (Å²) in [4.78, 5) is 23.6. The van der Waals surface area contributed by atoms with Gasteiger partial charge in [-0.3, -0.25) is 4.79 Å². The summed E-state index contributed by atoms with van der Waals surface area (Å²) in [6.45, 7) is 2.45. The largest absolute Gasteiger partial charge is 0.466 e. The summed E-state index contributed by atoms with van der Waals surface area (Å²) in [5, 5.41) is 2.85. The van der Waals surface area contributed by atoms with Gasteiger partial charge in [0.05, 0.1) is 12.5 Å². The Morgan fingerprint density at radius 3 is 2.68 bits per heavy atom. The lowest BCUT2D eigenvalue weighted by Crippen LogP contribution is -2.40. The molecule has 22 heavy (non-hydrogen) atoms. The normalized spacial score (nSPS) is 21.0. The van der Waals surface area contributed by atoms with Crippen LogP contribution in [0.15, 0.2) is 30.3 Å². The molecule has 1 aromatic carbocycles. The SMILES string of the molecule is CCOC(=O)[C@@H]1CCCC(NC(=O)OCc2ccccc2)C1. The van der Waals surface area contributed by atoms with Crippen molar-refractivity contribution in [2.75, 3.05) is 6.61 Å². The average molecular weight is 305 g/mol. The number of amides is 1. The predicted octanol–water partition coefficient (Wildman–Crippen LogP) is 3.03. The second-order valence-electron chi connectivity index (χ2n) is 5.52. The van der Waals surface area contributed by atoms with E-state index in [0.717, 1.165) is 24.8 Å². The maximum atomic E-state index is 11.8. The van der Waals surface area contributed by atoms with E-state index < -0.39 is 6.09 Å². The number of benzene rings is 1. The van der Waals surface area contributed by atoms with Crippen molar-refractivity contribution in [3.05, 3.63) is 35.9 Å². The second-order valence-corrected chi connectivity index (χ2v) is 5.52. The van der Waals surface area contributed by atoms with Gasteiger partial charge in [-0.2, -0.15) is 0 Å². The first-order valence-electron chi connectivity index (χ1n) is 7.83. The molecular formula is C17H23NO4. The molecule has 1 unspecified atom stereocenters. The number of carbonyl (C=O) groups is 2. The zero-order valence-corrected chi connectivity index (χ0v) is 12.9. The molecule has 0 bridgehead atoms. The summed E-state index contributed by atoms with van der Waals surface area (Å²) in [7, 11) is 0.